The lowest BCUT2D eigenvalue weighted by Crippen LogP contribution is -2.36. The Hall–Kier alpha value is -1.10. The molecule has 0 bridgehead atoms. The van der Waals surface area contributed by atoms with Crippen LogP contribution in [-0.4, -0.2) is 22.8 Å². The van der Waals surface area contributed by atoms with Crippen molar-refractivity contribution in [2.45, 2.75) is 25.9 Å². The number of nitrogens with one attached hydrogen (secondary N) is 1. The van der Waals surface area contributed by atoms with E-state index in [0.717, 1.165) is 12.0 Å². The van der Waals surface area contributed by atoms with Crippen LogP contribution in [0.4, 0.5) is 0 Å². The van der Waals surface area contributed by atoms with E-state index in [1.54, 1.807) is 12.1 Å². The maximum absolute atomic E-state index is 11.1. The molecule has 1 aliphatic rings. The van der Waals surface area contributed by atoms with Gasteiger partial charge in [-0.2, -0.15) is 5.10 Å². The largest absolute Gasteiger partial charge is 0.386 e. The van der Waals surface area contributed by atoms with E-state index < -0.39 is 6.10 Å². The summed E-state index contributed by atoms with van der Waals surface area (Å²) in [5.74, 6) is -0.311. The van der Waals surface area contributed by atoms with Crippen molar-refractivity contribution < 1.29 is 9.90 Å². The minimum atomic E-state index is -0.932. The fourth-order valence-electron chi connectivity index (χ4n) is 1.86. The van der Waals surface area contributed by atoms with E-state index in [-0.39, 0.29) is 12.3 Å². The Morgan fingerprint density at radius 2 is 2.06 bits per heavy atom. The van der Waals surface area contributed by atoms with Crippen molar-refractivity contribution in [3.8, 4) is 0 Å². The molecule has 0 saturated heterocycles. The first kappa shape index (κ1) is 13.3. The Morgan fingerprint density at radius 1 is 1.44 bits per heavy atom. The molecule has 4 nitrogen and oxygen atoms in total. The van der Waals surface area contributed by atoms with E-state index in [9.17, 15) is 9.90 Å². The highest BCUT2D eigenvalue weighted by Crippen LogP contribution is 2.28. The van der Waals surface area contributed by atoms with Gasteiger partial charge >= 0.3 is 0 Å². The summed E-state index contributed by atoms with van der Waals surface area (Å²) in [6.45, 7) is 1.96. The molecule has 96 valence electrons. The fraction of sp³-hybridized carbons (Fsp3) is 0.333. The van der Waals surface area contributed by atoms with Gasteiger partial charge in [0.05, 0.1) is 12.1 Å². The zero-order chi connectivity index (χ0) is 13.3. The number of aliphatic hydroxyl groups is 1. The number of carbonyl (C=O) groups excluding carboxylic acids is 1. The first-order valence-corrected chi connectivity index (χ1v) is 6.31. The van der Waals surface area contributed by atoms with Gasteiger partial charge in [-0.25, -0.2) is 5.43 Å². The number of hydrazone groups is 1. The van der Waals surface area contributed by atoms with Crippen molar-refractivity contribution in [2.75, 3.05) is 0 Å². The standard InChI is InChI=1S/C12H12Cl2N2O2/c1-2-7-8(13)3-6(4-9(7)14)12-10(17)5-11(18)15-16-12/h3-4,10,17H,2,5H2,1H3,(H,15,18). The van der Waals surface area contributed by atoms with E-state index in [4.69, 9.17) is 23.2 Å². The first-order chi connectivity index (χ1) is 8.52. The Morgan fingerprint density at radius 3 is 2.56 bits per heavy atom. The molecule has 0 radical (unpaired) electrons. The number of benzene rings is 1. The molecule has 1 amide bonds. The van der Waals surface area contributed by atoms with E-state index in [1.807, 2.05) is 6.92 Å². The van der Waals surface area contributed by atoms with Crippen LogP contribution >= 0.6 is 23.2 Å². The van der Waals surface area contributed by atoms with E-state index in [1.165, 1.54) is 0 Å². The number of carbonyl (C=O) groups is 1. The Kier molecular flexibility index (Phi) is 3.90. The molecule has 0 aromatic heterocycles. The Bertz CT molecular complexity index is 506. The van der Waals surface area contributed by atoms with Gasteiger partial charge in [0.1, 0.15) is 6.10 Å². The molecule has 1 unspecified atom stereocenters. The second kappa shape index (κ2) is 5.26. The lowest BCUT2D eigenvalue weighted by Gasteiger charge is -2.19. The van der Waals surface area contributed by atoms with E-state index in [2.05, 4.69) is 10.5 Å². The molecule has 1 heterocycles. The molecule has 0 spiro atoms. The normalized spacial score (nSPS) is 19.4. The van der Waals surface area contributed by atoms with Crippen LogP contribution in [0.25, 0.3) is 0 Å². The van der Waals surface area contributed by atoms with Crippen LogP contribution in [0.15, 0.2) is 17.2 Å². The van der Waals surface area contributed by atoms with Crippen molar-refractivity contribution >= 4 is 34.8 Å². The molecule has 18 heavy (non-hydrogen) atoms. The third-order valence-corrected chi connectivity index (χ3v) is 3.46. The predicted molar refractivity (Wildman–Crippen MR) is 71.1 cm³/mol. The lowest BCUT2D eigenvalue weighted by atomic mass is 10.00. The number of hydrogen-bond acceptors (Lipinski definition) is 3. The maximum Gasteiger partial charge on any atom is 0.243 e. The summed E-state index contributed by atoms with van der Waals surface area (Å²) in [7, 11) is 0. The first-order valence-electron chi connectivity index (χ1n) is 5.55. The van der Waals surface area contributed by atoms with Gasteiger partial charge in [-0.1, -0.05) is 30.1 Å². The molecule has 6 heteroatoms. The SMILES string of the molecule is CCc1c(Cl)cc(C2=NNC(=O)CC2O)cc1Cl. The summed E-state index contributed by atoms with van der Waals surface area (Å²) < 4.78 is 0. The van der Waals surface area contributed by atoms with Crippen LogP contribution < -0.4 is 5.43 Å². The van der Waals surface area contributed by atoms with Gasteiger partial charge in [0.2, 0.25) is 5.91 Å². The van der Waals surface area contributed by atoms with Crippen LogP contribution in [0, 0.1) is 0 Å². The summed E-state index contributed by atoms with van der Waals surface area (Å²) >= 11 is 12.2. The number of rotatable bonds is 2. The van der Waals surface area contributed by atoms with Crippen molar-refractivity contribution in [1.82, 2.24) is 5.43 Å². The molecule has 1 aliphatic heterocycles. The quantitative estimate of drug-likeness (QED) is 0.875. The summed E-state index contributed by atoms with van der Waals surface area (Å²) in [5, 5.41) is 14.7. The van der Waals surface area contributed by atoms with Gasteiger partial charge in [-0.15, -0.1) is 0 Å². The second-order valence-electron chi connectivity index (χ2n) is 4.02. The Labute approximate surface area is 115 Å². The minimum absolute atomic E-state index is 0.0103. The highest BCUT2D eigenvalue weighted by atomic mass is 35.5. The van der Waals surface area contributed by atoms with Gasteiger partial charge in [-0.05, 0) is 24.1 Å². The summed E-state index contributed by atoms with van der Waals surface area (Å²) in [5.41, 5.74) is 4.19. The van der Waals surface area contributed by atoms with Crippen molar-refractivity contribution in [3.05, 3.63) is 33.3 Å². The fourth-order valence-corrected chi connectivity index (χ4v) is 2.61. The van der Waals surface area contributed by atoms with Crippen molar-refractivity contribution in [1.29, 1.82) is 0 Å². The number of nitrogens with zero attached hydrogens (tertiary/aromatic N) is 1. The van der Waals surface area contributed by atoms with Crippen LogP contribution in [0.3, 0.4) is 0 Å². The zero-order valence-corrected chi connectivity index (χ0v) is 11.2. The maximum atomic E-state index is 11.1. The number of aliphatic hydroxyl groups excluding tert-OH is 1. The van der Waals surface area contributed by atoms with Crippen LogP contribution in [-0.2, 0) is 11.2 Å². The number of halogens is 2. The molecule has 2 rings (SSSR count). The summed E-state index contributed by atoms with van der Waals surface area (Å²) in [6.07, 6.45) is -0.216. The molecule has 0 saturated carbocycles. The van der Waals surface area contributed by atoms with Crippen molar-refractivity contribution in [3.63, 3.8) is 0 Å². The molecule has 1 aromatic rings. The number of hydrogen-bond donors (Lipinski definition) is 2. The van der Waals surface area contributed by atoms with Crippen LogP contribution in [0.1, 0.15) is 24.5 Å². The van der Waals surface area contributed by atoms with Crippen LogP contribution in [0.5, 0.6) is 0 Å². The van der Waals surface area contributed by atoms with Gasteiger partial charge in [0.25, 0.3) is 0 Å². The summed E-state index contributed by atoms with van der Waals surface area (Å²) in [6, 6.07) is 3.40. The molecular weight excluding hydrogens is 275 g/mol. The van der Waals surface area contributed by atoms with Crippen LogP contribution in [0.2, 0.25) is 10.0 Å². The minimum Gasteiger partial charge on any atom is -0.386 e. The van der Waals surface area contributed by atoms with E-state index in [0.29, 0.717) is 21.3 Å². The van der Waals surface area contributed by atoms with Gasteiger partial charge in [0.15, 0.2) is 0 Å². The van der Waals surface area contributed by atoms with Gasteiger partial charge < -0.3 is 5.11 Å². The Balaban J connectivity index is 2.43. The third-order valence-electron chi connectivity index (χ3n) is 2.79. The highest BCUT2D eigenvalue weighted by Gasteiger charge is 2.24. The average molecular weight is 287 g/mol. The summed E-state index contributed by atoms with van der Waals surface area (Å²) in [4.78, 5) is 11.1. The van der Waals surface area contributed by atoms with Gasteiger partial charge in [0, 0.05) is 15.6 Å². The van der Waals surface area contributed by atoms with E-state index >= 15 is 0 Å². The zero-order valence-electron chi connectivity index (χ0n) is 9.70. The van der Waals surface area contributed by atoms with Gasteiger partial charge in [-0.3, -0.25) is 4.79 Å². The average Bonchev–Trinajstić information content (AvgIpc) is 2.28. The lowest BCUT2D eigenvalue weighted by molar-refractivity contribution is -0.122. The monoisotopic (exact) mass is 286 g/mol. The molecule has 1 atom stereocenters. The second-order valence-corrected chi connectivity index (χ2v) is 4.84. The molecular formula is C12H12Cl2N2O2. The number of amides is 1. The topological polar surface area (TPSA) is 61.7 Å². The molecule has 2 N–H and O–H groups in total. The highest BCUT2D eigenvalue weighted by molar-refractivity contribution is 6.36. The predicted octanol–water partition coefficient (Wildman–Crippen LogP) is 2.14. The van der Waals surface area contributed by atoms with Crippen molar-refractivity contribution in [2.24, 2.45) is 5.10 Å². The molecule has 0 aliphatic carbocycles. The molecule has 0 fully saturated rings. The smallest absolute Gasteiger partial charge is 0.243 e. The molecule has 1 aromatic carbocycles. The third kappa shape index (κ3) is 2.51.